The maximum absolute atomic E-state index is 11.8. The maximum atomic E-state index is 11.8. The van der Waals surface area contributed by atoms with Crippen molar-refractivity contribution in [1.29, 1.82) is 0 Å². The van der Waals surface area contributed by atoms with Crippen LogP contribution in [0.5, 0.6) is 0 Å². The first-order chi connectivity index (χ1) is 8.77. The van der Waals surface area contributed by atoms with E-state index in [1.165, 1.54) is 18.6 Å². The van der Waals surface area contributed by atoms with Crippen molar-refractivity contribution in [3.8, 4) is 0 Å². The van der Waals surface area contributed by atoms with Crippen molar-refractivity contribution in [2.45, 2.75) is 25.8 Å². The second-order valence-electron chi connectivity index (χ2n) is 4.21. The summed E-state index contributed by atoms with van der Waals surface area (Å²) >= 11 is 1.87. The van der Waals surface area contributed by atoms with E-state index in [2.05, 4.69) is 11.6 Å². The molecule has 0 radical (unpaired) electrons. The van der Waals surface area contributed by atoms with E-state index in [-0.39, 0.29) is 5.91 Å². The number of thioether (sulfide) groups is 1. The Morgan fingerprint density at radius 2 is 1.94 bits per heavy atom. The van der Waals surface area contributed by atoms with Crippen LogP contribution in [0.4, 0.5) is 0 Å². The molecule has 0 fully saturated rings. The summed E-state index contributed by atoms with van der Waals surface area (Å²) in [6, 6.07) is 7.44. The van der Waals surface area contributed by atoms with Gasteiger partial charge in [-0.25, -0.2) is 0 Å². The van der Waals surface area contributed by atoms with Crippen molar-refractivity contribution in [2.24, 2.45) is 5.73 Å². The van der Waals surface area contributed by atoms with Gasteiger partial charge in [-0.15, -0.1) is 0 Å². The molecule has 3 nitrogen and oxygen atoms in total. The first kappa shape index (κ1) is 15.1. The van der Waals surface area contributed by atoms with E-state index < -0.39 is 0 Å². The van der Waals surface area contributed by atoms with Crippen molar-refractivity contribution in [2.75, 3.05) is 18.6 Å². The molecule has 100 valence electrons. The lowest BCUT2D eigenvalue weighted by Gasteiger charge is -2.05. The minimum atomic E-state index is 0.00318. The minimum Gasteiger partial charge on any atom is -0.352 e. The Morgan fingerprint density at radius 1 is 1.22 bits per heavy atom. The van der Waals surface area contributed by atoms with Crippen molar-refractivity contribution < 1.29 is 4.79 Å². The van der Waals surface area contributed by atoms with Gasteiger partial charge < -0.3 is 11.1 Å². The molecule has 0 saturated carbocycles. The van der Waals surface area contributed by atoms with E-state index >= 15 is 0 Å². The molecule has 0 spiro atoms. The number of amides is 1. The molecule has 0 unspecified atom stereocenters. The number of nitrogens with two attached hydrogens (primary N) is 1. The summed E-state index contributed by atoms with van der Waals surface area (Å²) in [7, 11) is 0. The summed E-state index contributed by atoms with van der Waals surface area (Å²) in [5.41, 5.74) is 7.26. The van der Waals surface area contributed by atoms with Crippen LogP contribution in [0.25, 0.3) is 0 Å². The molecule has 0 saturated heterocycles. The largest absolute Gasteiger partial charge is 0.352 e. The fourth-order valence-electron chi connectivity index (χ4n) is 1.64. The number of unbranched alkanes of at least 4 members (excludes halogenated alkanes) is 2. The minimum absolute atomic E-state index is 0.00318. The van der Waals surface area contributed by atoms with Gasteiger partial charge >= 0.3 is 0 Å². The first-order valence-corrected chi connectivity index (χ1v) is 7.73. The second-order valence-corrected chi connectivity index (χ2v) is 5.20. The Morgan fingerprint density at radius 3 is 2.56 bits per heavy atom. The van der Waals surface area contributed by atoms with Gasteiger partial charge in [0, 0.05) is 18.7 Å². The van der Waals surface area contributed by atoms with Crippen LogP contribution in [0.15, 0.2) is 24.3 Å². The smallest absolute Gasteiger partial charge is 0.251 e. The highest BCUT2D eigenvalue weighted by molar-refractivity contribution is 7.98. The number of rotatable bonds is 8. The number of carbonyl (C=O) groups is 1. The summed E-state index contributed by atoms with van der Waals surface area (Å²) in [4.78, 5) is 11.8. The van der Waals surface area contributed by atoms with Crippen LogP contribution in [0.3, 0.4) is 0 Å². The zero-order valence-electron chi connectivity index (χ0n) is 10.9. The van der Waals surface area contributed by atoms with Gasteiger partial charge in [0.15, 0.2) is 0 Å². The monoisotopic (exact) mass is 266 g/mol. The molecule has 0 bridgehead atoms. The van der Waals surface area contributed by atoms with Gasteiger partial charge in [0.2, 0.25) is 0 Å². The molecule has 1 aromatic carbocycles. The third-order valence-electron chi connectivity index (χ3n) is 2.76. The Labute approximate surface area is 114 Å². The lowest BCUT2D eigenvalue weighted by Crippen LogP contribution is -2.24. The molecule has 0 aliphatic carbocycles. The van der Waals surface area contributed by atoms with Gasteiger partial charge in [0.25, 0.3) is 5.91 Å². The average Bonchev–Trinajstić information content (AvgIpc) is 2.42. The van der Waals surface area contributed by atoms with Crippen molar-refractivity contribution in [3.05, 3.63) is 35.4 Å². The fourth-order valence-corrected chi connectivity index (χ4v) is 2.14. The molecule has 0 aromatic heterocycles. The average molecular weight is 266 g/mol. The summed E-state index contributed by atoms with van der Waals surface area (Å²) < 4.78 is 0. The summed E-state index contributed by atoms with van der Waals surface area (Å²) in [5.74, 6) is 1.21. The number of nitrogens with one attached hydrogen (secondary N) is 1. The van der Waals surface area contributed by atoms with Crippen LogP contribution in [-0.4, -0.2) is 24.5 Å². The van der Waals surface area contributed by atoms with Crippen LogP contribution in [0.1, 0.15) is 35.2 Å². The predicted molar refractivity (Wildman–Crippen MR) is 78.9 cm³/mol. The topological polar surface area (TPSA) is 55.1 Å². The van der Waals surface area contributed by atoms with Crippen LogP contribution < -0.4 is 11.1 Å². The highest BCUT2D eigenvalue weighted by atomic mass is 32.2. The van der Waals surface area contributed by atoms with Gasteiger partial charge in [-0.05, 0) is 42.5 Å². The van der Waals surface area contributed by atoms with Gasteiger partial charge in [-0.2, -0.15) is 11.8 Å². The Hall–Kier alpha value is -1.00. The molecule has 1 amide bonds. The summed E-state index contributed by atoms with van der Waals surface area (Å²) in [6.07, 6.45) is 5.56. The van der Waals surface area contributed by atoms with Crippen LogP contribution in [0.2, 0.25) is 0 Å². The summed E-state index contributed by atoms with van der Waals surface area (Å²) in [5, 5.41) is 2.94. The SMILES string of the molecule is CSCCCCCNC(=O)c1ccc(CN)cc1. The Kier molecular flexibility index (Phi) is 7.53. The second kappa shape index (κ2) is 9.00. The van der Waals surface area contributed by atoms with E-state index in [0.717, 1.165) is 18.5 Å². The van der Waals surface area contributed by atoms with E-state index in [0.29, 0.717) is 12.1 Å². The molecular formula is C14H22N2OS. The number of hydrogen-bond donors (Lipinski definition) is 2. The third-order valence-corrected chi connectivity index (χ3v) is 3.46. The van der Waals surface area contributed by atoms with Crippen LogP contribution >= 0.6 is 11.8 Å². The molecule has 0 aliphatic rings. The van der Waals surface area contributed by atoms with Crippen molar-refractivity contribution >= 4 is 17.7 Å². The van der Waals surface area contributed by atoms with Crippen LogP contribution in [0, 0.1) is 0 Å². The third kappa shape index (κ3) is 5.56. The molecule has 18 heavy (non-hydrogen) atoms. The van der Waals surface area contributed by atoms with Gasteiger partial charge in [-0.3, -0.25) is 4.79 Å². The first-order valence-electron chi connectivity index (χ1n) is 6.34. The lowest BCUT2D eigenvalue weighted by atomic mass is 10.1. The van der Waals surface area contributed by atoms with Crippen molar-refractivity contribution in [1.82, 2.24) is 5.32 Å². The van der Waals surface area contributed by atoms with E-state index in [1.54, 1.807) is 0 Å². The fraction of sp³-hybridized carbons (Fsp3) is 0.500. The quantitative estimate of drug-likeness (QED) is 0.710. The molecule has 3 N–H and O–H groups in total. The number of carbonyl (C=O) groups excluding carboxylic acids is 1. The zero-order chi connectivity index (χ0) is 13.2. The van der Waals surface area contributed by atoms with Gasteiger partial charge in [0.1, 0.15) is 0 Å². The zero-order valence-corrected chi connectivity index (χ0v) is 11.8. The molecule has 0 heterocycles. The van der Waals surface area contributed by atoms with E-state index in [1.807, 2.05) is 36.0 Å². The highest BCUT2D eigenvalue weighted by Crippen LogP contribution is 2.04. The molecular weight excluding hydrogens is 244 g/mol. The molecule has 0 atom stereocenters. The van der Waals surface area contributed by atoms with Crippen molar-refractivity contribution in [3.63, 3.8) is 0 Å². The lowest BCUT2D eigenvalue weighted by molar-refractivity contribution is 0.0953. The predicted octanol–water partition coefficient (Wildman–Crippen LogP) is 2.41. The number of hydrogen-bond acceptors (Lipinski definition) is 3. The van der Waals surface area contributed by atoms with Gasteiger partial charge in [0.05, 0.1) is 0 Å². The van der Waals surface area contributed by atoms with Crippen LogP contribution in [-0.2, 0) is 6.54 Å². The van der Waals surface area contributed by atoms with E-state index in [4.69, 9.17) is 5.73 Å². The normalized spacial score (nSPS) is 10.3. The van der Waals surface area contributed by atoms with Gasteiger partial charge in [-0.1, -0.05) is 18.6 Å². The molecule has 1 rings (SSSR count). The molecule has 4 heteroatoms. The number of benzene rings is 1. The molecule has 1 aromatic rings. The highest BCUT2D eigenvalue weighted by Gasteiger charge is 2.03. The standard InChI is InChI=1S/C14H22N2OS/c1-18-10-4-2-3-9-16-14(17)13-7-5-12(11-15)6-8-13/h5-8H,2-4,9-11,15H2,1H3,(H,16,17). The summed E-state index contributed by atoms with van der Waals surface area (Å²) in [6.45, 7) is 1.27. The molecule has 0 aliphatic heterocycles. The Balaban J connectivity index is 2.23. The Bertz CT molecular complexity index is 351. The maximum Gasteiger partial charge on any atom is 0.251 e. The van der Waals surface area contributed by atoms with E-state index in [9.17, 15) is 4.79 Å².